The number of hydrogen-bond acceptors (Lipinski definition) is 1. The fourth-order valence-electron chi connectivity index (χ4n) is 1.82. The minimum atomic E-state index is -0.272. The van der Waals surface area contributed by atoms with E-state index in [-0.39, 0.29) is 5.82 Å². The van der Waals surface area contributed by atoms with Crippen LogP contribution in [0.4, 0.5) is 4.39 Å². The first kappa shape index (κ1) is 13.3. The average molecular weight is 284 g/mol. The molecule has 0 aliphatic carbocycles. The molecule has 0 atom stereocenters. The van der Waals surface area contributed by atoms with Crippen LogP contribution in [0.3, 0.4) is 0 Å². The summed E-state index contributed by atoms with van der Waals surface area (Å²) in [7, 11) is 0. The van der Waals surface area contributed by atoms with Gasteiger partial charge in [0.1, 0.15) is 5.82 Å². The van der Waals surface area contributed by atoms with Crippen molar-refractivity contribution in [1.82, 2.24) is 0 Å². The normalized spacial score (nSPS) is 10.7. The van der Waals surface area contributed by atoms with Crippen molar-refractivity contribution in [2.45, 2.75) is 6.42 Å². The van der Waals surface area contributed by atoms with E-state index in [0.717, 1.165) is 16.7 Å². The van der Waals surface area contributed by atoms with Gasteiger partial charge in [-0.3, -0.25) is 0 Å². The van der Waals surface area contributed by atoms with Gasteiger partial charge in [-0.05, 0) is 42.3 Å². The topological polar surface area (TPSA) is 26.0 Å². The number of hydrogen-bond donors (Lipinski definition) is 1. The summed E-state index contributed by atoms with van der Waals surface area (Å²) in [5, 5.41) is 1.19. The highest BCUT2D eigenvalue weighted by atomic mass is 35.5. The molecule has 2 rings (SSSR count). The molecule has 0 amide bonds. The van der Waals surface area contributed by atoms with Gasteiger partial charge in [0.2, 0.25) is 0 Å². The van der Waals surface area contributed by atoms with Crippen LogP contribution in [0.1, 0.15) is 5.56 Å². The van der Waals surface area contributed by atoms with Crippen LogP contribution >= 0.6 is 23.2 Å². The Bertz CT molecular complexity index is 552. The van der Waals surface area contributed by atoms with E-state index in [1.54, 1.807) is 18.2 Å². The molecule has 2 aromatic carbocycles. The Morgan fingerprint density at radius 2 is 1.67 bits per heavy atom. The van der Waals surface area contributed by atoms with Gasteiger partial charge < -0.3 is 5.73 Å². The molecule has 2 N–H and O–H groups in total. The minimum absolute atomic E-state index is 0.272. The van der Waals surface area contributed by atoms with Crippen molar-refractivity contribution in [3.8, 4) is 11.1 Å². The first-order valence-corrected chi connectivity index (χ1v) is 6.32. The van der Waals surface area contributed by atoms with Gasteiger partial charge in [-0.15, -0.1) is 0 Å². The third kappa shape index (κ3) is 2.66. The Kier molecular flexibility index (Phi) is 4.23. The van der Waals surface area contributed by atoms with Crippen LogP contribution in [-0.4, -0.2) is 6.54 Å². The summed E-state index contributed by atoms with van der Waals surface area (Å²) < 4.78 is 12.9. The Balaban J connectivity index is 2.51. The van der Waals surface area contributed by atoms with E-state index < -0.39 is 0 Å². The van der Waals surface area contributed by atoms with Gasteiger partial charge in [0.25, 0.3) is 0 Å². The predicted molar refractivity (Wildman–Crippen MR) is 74.6 cm³/mol. The number of rotatable bonds is 3. The summed E-state index contributed by atoms with van der Waals surface area (Å²) in [6, 6.07) is 9.81. The summed E-state index contributed by atoms with van der Waals surface area (Å²) in [6.07, 6.45) is 0.618. The monoisotopic (exact) mass is 283 g/mol. The van der Waals surface area contributed by atoms with Gasteiger partial charge in [0.05, 0.1) is 5.02 Å². The van der Waals surface area contributed by atoms with Crippen molar-refractivity contribution in [2.75, 3.05) is 6.54 Å². The van der Waals surface area contributed by atoms with Crippen molar-refractivity contribution >= 4 is 23.2 Å². The van der Waals surface area contributed by atoms with Crippen LogP contribution in [0.15, 0.2) is 36.4 Å². The standard InChI is InChI=1S/C14H12Cl2FN/c15-13-6-5-11(14(16)12(13)7-8-18)9-1-3-10(17)4-2-9/h1-6H,7-8,18H2. The lowest BCUT2D eigenvalue weighted by molar-refractivity contribution is 0.628. The molecule has 0 aliphatic heterocycles. The molecule has 0 saturated carbocycles. The molecule has 4 heteroatoms. The molecule has 94 valence electrons. The number of benzene rings is 2. The van der Waals surface area contributed by atoms with Crippen LogP contribution in [0.2, 0.25) is 10.0 Å². The van der Waals surface area contributed by atoms with Gasteiger partial charge in [-0.1, -0.05) is 41.4 Å². The third-order valence-electron chi connectivity index (χ3n) is 2.74. The summed E-state index contributed by atoms with van der Waals surface area (Å²) in [5.74, 6) is -0.272. The highest BCUT2D eigenvalue weighted by Gasteiger charge is 2.11. The summed E-state index contributed by atoms with van der Waals surface area (Å²) in [5.41, 5.74) is 8.07. The average Bonchev–Trinajstić information content (AvgIpc) is 2.36. The van der Waals surface area contributed by atoms with Gasteiger partial charge in [0, 0.05) is 10.6 Å². The minimum Gasteiger partial charge on any atom is -0.330 e. The zero-order valence-corrected chi connectivity index (χ0v) is 11.1. The van der Waals surface area contributed by atoms with Crippen LogP contribution in [-0.2, 0) is 6.42 Å². The molecule has 0 fully saturated rings. The smallest absolute Gasteiger partial charge is 0.123 e. The fraction of sp³-hybridized carbons (Fsp3) is 0.143. The van der Waals surface area contributed by atoms with E-state index in [0.29, 0.717) is 23.0 Å². The molecule has 0 heterocycles. The van der Waals surface area contributed by atoms with Gasteiger partial charge in [-0.2, -0.15) is 0 Å². The first-order valence-electron chi connectivity index (χ1n) is 5.56. The molecule has 0 unspecified atom stereocenters. The maximum Gasteiger partial charge on any atom is 0.123 e. The molecule has 1 nitrogen and oxygen atoms in total. The van der Waals surface area contributed by atoms with Crippen LogP contribution in [0.25, 0.3) is 11.1 Å². The molecule has 0 radical (unpaired) electrons. The number of halogens is 3. The zero-order valence-electron chi connectivity index (χ0n) is 9.59. The Labute approximate surface area is 115 Å². The fourth-order valence-corrected chi connectivity index (χ4v) is 2.49. The molecule has 0 spiro atoms. The van der Waals surface area contributed by atoms with Crippen molar-refractivity contribution in [3.05, 3.63) is 57.8 Å². The maximum absolute atomic E-state index is 12.9. The SMILES string of the molecule is NCCc1c(Cl)ccc(-c2ccc(F)cc2)c1Cl. The molecular formula is C14H12Cl2FN. The van der Waals surface area contributed by atoms with E-state index in [9.17, 15) is 4.39 Å². The molecule has 2 aromatic rings. The van der Waals surface area contributed by atoms with E-state index in [2.05, 4.69) is 0 Å². The second-order valence-electron chi connectivity index (χ2n) is 3.93. The van der Waals surface area contributed by atoms with Gasteiger partial charge in [0.15, 0.2) is 0 Å². The lowest BCUT2D eigenvalue weighted by Gasteiger charge is -2.11. The maximum atomic E-state index is 12.9. The summed E-state index contributed by atoms with van der Waals surface area (Å²) in [6.45, 7) is 0.478. The Hall–Kier alpha value is -1.09. The van der Waals surface area contributed by atoms with Crippen LogP contribution in [0, 0.1) is 5.82 Å². The van der Waals surface area contributed by atoms with E-state index in [4.69, 9.17) is 28.9 Å². The van der Waals surface area contributed by atoms with Crippen LogP contribution < -0.4 is 5.73 Å². The molecule has 0 aliphatic rings. The molecule has 0 aromatic heterocycles. The zero-order chi connectivity index (χ0) is 13.1. The van der Waals surface area contributed by atoms with Crippen molar-refractivity contribution in [3.63, 3.8) is 0 Å². The van der Waals surface area contributed by atoms with E-state index in [1.165, 1.54) is 12.1 Å². The summed E-state index contributed by atoms with van der Waals surface area (Å²) >= 11 is 12.4. The molecule has 0 saturated heterocycles. The summed E-state index contributed by atoms with van der Waals surface area (Å²) in [4.78, 5) is 0. The van der Waals surface area contributed by atoms with E-state index in [1.807, 2.05) is 6.07 Å². The molecule has 0 bridgehead atoms. The van der Waals surface area contributed by atoms with Crippen LogP contribution in [0.5, 0.6) is 0 Å². The highest BCUT2D eigenvalue weighted by Crippen LogP contribution is 2.35. The largest absolute Gasteiger partial charge is 0.330 e. The third-order valence-corrected chi connectivity index (χ3v) is 3.52. The van der Waals surface area contributed by atoms with Crippen molar-refractivity contribution in [2.24, 2.45) is 5.73 Å². The first-order chi connectivity index (χ1) is 8.63. The molecule has 18 heavy (non-hydrogen) atoms. The second-order valence-corrected chi connectivity index (χ2v) is 4.72. The van der Waals surface area contributed by atoms with Gasteiger partial charge >= 0.3 is 0 Å². The Morgan fingerprint density at radius 3 is 2.28 bits per heavy atom. The lowest BCUT2D eigenvalue weighted by atomic mass is 10.0. The van der Waals surface area contributed by atoms with Crippen molar-refractivity contribution in [1.29, 1.82) is 0 Å². The van der Waals surface area contributed by atoms with Gasteiger partial charge in [-0.25, -0.2) is 4.39 Å². The van der Waals surface area contributed by atoms with E-state index >= 15 is 0 Å². The lowest BCUT2D eigenvalue weighted by Crippen LogP contribution is -2.04. The predicted octanol–water partition coefficient (Wildman–Crippen LogP) is 4.30. The van der Waals surface area contributed by atoms with Crippen molar-refractivity contribution < 1.29 is 4.39 Å². The highest BCUT2D eigenvalue weighted by molar-refractivity contribution is 6.37. The second kappa shape index (κ2) is 5.70. The molecular weight excluding hydrogens is 272 g/mol. The Morgan fingerprint density at radius 1 is 1.00 bits per heavy atom. The number of nitrogens with two attached hydrogens (primary N) is 1. The quantitative estimate of drug-likeness (QED) is 0.893.